The number of thiophene rings is 1. The van der Waals surface area contributed by atoms with E-state index < -0.39 is 16.6 Å². The summed E-state index contributed by atoms with van der Waals surface area (Å²) in [6, 6.07) is 7.70. The van der Waals surface area contributed by atoms with Gasteiger partial charge in [-0.1, -0.05) is 11.3 Å². The first kappa shape index (κ1) is 20.4. The SMILES string of the molecule is O=C(NCC(=O)N1CCN(C(=O)c2ccc([N+](=O)[O-])s2)CC1)c1ccc(F)cc1. The molecule has 1 aromatic carbocycles. The topological polar surface area (TPSA) is 113 Å². The molecule has 1 fully saturated rings. The Morgan fingerprint density at radius 3 is 2.24 bits per heavy atom. The maximum Gasteiger partial charge on any atom is 0.324 e. The molecule has 0 atom stereocenters. The van der Waals surface area contributed by atoms with Gasteiger partial charge in [0.1, 0.15) is 5.82 Å². The van der Waals surface area contributed by atoms with Crippen molar-refractivity contribution in [1.82, 2.24) is 15.1 Å². The van der Waals surface area contributed by atoms with E-state index in [0.29, 0.717) is 26.2 Å². The van der Waals surface area contributed by atoms with Crippen LogP contribution in [0.25, 0.3) is 0 Å². The molecule has 0 bridgehead atoms. The molecule has 11 heteroatoms. The third kappa shape index (κ3) is 4.93. The van der Waals surface area contributed by atoms with Crippen molar-refractivity contribution in [3.05, 3.63) is 62.8 Å². The highest BCUT2D eigenvalue weighted by molar-refractivity contribution is 7.17. The van der Waals surface area contributed by atoms with Crippen LogP contribution in [0.1, 0.15) is 20.0 Å². The van der Waals surface area contributed by atoms with Gasteiger partial charge in [0.2, 0.25) is 5.91 Å². The van der Waals surface area contributed by atoms with E-state index in [0.717, 1.165) is 23.5 Å². The lowest BCUT2D eigenvalue weighted by Gasteiger charge is -2.34. The lowest BCUT2D eigenvalue weighted by molar-refractivity contribution is -0.380. The molecule has 3 amide bonds. The number of amides is 3. The molecule has 1 saturated heterocycles. The molecule has 0 unspecified atom stereocenters. The fourth-order valence-corrected chi connectivity index (χ4v) is 3.61. The lowest BCUT2D eigenvalue weighted by Crippen LogP contribution is -2.52. The second kappa shape index (κ2) is 8.78. The lowest BCUT2D eigenvalue weighted by atomic mass is 10.2. The van der Waals surface area contributed by atoms with E-state index in [-0.39, 0.29) is 33.8 Å². The Morgan fingerprint density at radius 2 is 1.66 bits per heavy atom. The van der Waals surface area contributed by atoms with Crippen LogP contribution in [0.2, 0.25) is 0 Å². The van der Waals surface area contributed by atoms with E-state index in [9.17, 15) is 28.9 Å². The minimum Gasteiger partial charge on any atom is -0.343 e. The van der Waals surface area contributed by atoms with Crippen LogP contribution in [0.4, 0.5) is 9.39 Å². The molecule has 1 aliphatic heterocycles. The monoisotopic (exact) mass is 420 g/mol. The number of rotatable bonds is 5. The molecular weight excluding hydrogens is 403 g/mol. The Kier molecular flexibility index (Phi) is 6.17. The van der Waals surface area contributed by atoms with E-state index in [1.807, 2.05) is 0 Å². The molecule has 0 aliphatic carbocycles. The first-order valence-electron chi connectivity index (χ1n) is 8.70. The van der Waals surface area contributed by atoms with Crippen LogP contribution in [0.5, 0.6) is 0 Å². The molecule has 9 nitrogen and oxygen atoms in total. The van der Waals surface area contributed by atoms with Gasteiger partial charge in [0.25, 0.3) is 11.8 Å². The van der Waals surface area contributed by atoms with Gasteiger partial charge < -0.3 is 15.1 Å². The van der Waals surface area contributed by atoms with Gasteiger partial charge in [0.05, 0.1) is 16.3 Å². The number of nitrogens with zero attached hydrogens (tertiary/aromatic N) is 3. The van der Waals surface area contributed by atoms with Gasteiger partial charge >= 0.3 is 5.00 Å². The Hall–Kier alpha value is -3.34. The summed E-state index contributed by atoms with van der Waals surface area (Å²) in [5.41, 5.74) is 0.250. The van der Waals surface area contributed by atoms with E-state index in [1.165, 1.54) is 34.1 Å². The normalized spacial score (nSPS) is 13.8. The summed E-state index contributed by atoms with van der Waals surface area (Å²) in [5.74, 6) is -1.53. The molecule has 152 valence electrons. The molecule has 2 aromatic rings. The van der Waals surface area contributed by atoms with Gasteiger partial charge in [-0.3, -0.25) is 24.5 Å². The first-order chi connectivity index (χ1) is 13.8. The molecule has 1 N–H and O–H groups in total. The maximum absolute atomic E-state index is 12.9. The van der Waals surface area contributed by atoms with E-state index in [2.05, 4.69) is 5.32 Å². The summed E-state index contributed by atoms with van der Waals surface area (Å²) >= 11 is 0.818. The van der Waals surface area contributed by atoms with E-state index >= 15 is 0 Å². The maximum atomic E-state index is 12.9. The summed E-state index contributed by atoms with van der Waals surface area (Å²) in [5, 5.41) is 13.1. The summed E-state index contributed by atoms with van der Waals surface area (Å²) in [7, 11) is 0. The Bertz CT molecular complexity index is 938. The fourth-order valence-electron chi connectivity index (χ4n) is 2.83. The predicted octanol–water partition coefficient (Wildman–Crippen LogP) is 1.51. The smallest absolute Gasteiger partial charge is 0.324 e. The minimum absolute atomic E-state index is 0.0981. The van der Waals surface area contributed by atoms with Crippen molar-refractivity contribution in [2.45, 2.75) is 0 Å². The van der Waals surface area contributed by atoms with Crippen molar-refractivity contribution in [3.8, 4) is 0 Å². The number of benzene rings is 1. The van der Waals surface area contributed by atoms with Crippen molar-refractivity contribution in [2.24, 2.45) is 0 Å². The van der Waals surface area contributed by atoms with Crippen molar-refractivity contribution in [3.63, 3.8) is 0 Å². The third-order valence-corrected chi connectivity index (χ3v) is 5.43. The summed E-state index contributed by atoms with van der Waals surface area (Å²) in [6.45, 7) is 0.973. The fraction of sp³-hybridized carbons (Fsp3) is 0.278. The van der Waals surface area contributed by atoms with Crippen LogP contribution in [-0.4, -0.2) is 65.2 Å². The molecular formula is C18H17FN4O5S. The van der Waals surface area contributed by atoms with Crippen molar-refractivity contribution < 1.29 is 23.7 Å². The van der Waals surface area contributed by atoms with Gasteiger partial charge in [-0.25, -0.2) is 4.39 Å². The molecule has 0 spiro atoms. The highest BCUT2D eigenvalue weighted by Crippen LogP contribution is 2.25. The number of carbonyl (C=O) groups excluding carboxylic acids is 3. The van der Waals surface area contributed by atoms with Gasteiger partial charge in [0, 0.05) is 37.8 Å². The number of piperazine rings is 1. The van der Waals surface area contributed by atoms with Crippen LogP contribution < -0.4 is 5.32 Å². The number of halogens is 1. The summed E-state index contributed by atoms with van der Waals surface area (Å²) in [6.07, 6.45) is 0. The van der Waals surface area contributed by atoms with Gasteiger partial charge in [-0.2, -0.15) is 0 Å². The minimum atomic E-state index is -0.543. The van der Waals surface area contributed by atoms with Crippen LogP contribution in [0, 0.1) is 15.9 Å². The van der Waals surface area contributed by atoms with Crippen LogP contribution in [0.3, 0.4) is 0 Å². The Balaban J connectivity index is 1.47. The summed E-state index contributed by atoms with van der Waals surface area (Å²) < 4.78 is 12.9. The van der Waals surface area contributed by atoms with Crippen LogP contribution in [0.15, 0.2) is 36.4 Å². The second-order valence-corrected chi connectivity index (χ2v) is 7.32. The molecule has 0 saturated carbocycles. The molecule has 1 aromatic heterocycles. The molecule has 3 rings (SSSR count). The van der Waals surface area contributed by atoms with E-state index in [4.69, 9.17) is 0 Å². The van der Waals surface area contributed by atoms with Crippen molar-refractivity contribution in [2.75, 3.05) is 32.7 Å². The van der Waals surface area contributed by atoms with Crippen molar-refractivity contribution in [1.29, 1.82) is 0 Å². The van der Waals surface area contributed by atoms with Crippen LogP contribution >= 0.6 is 11.3 Å². The van der Waals surface area contributed by atoms with Crippen LogP contribution in [-0.2, 0) is 4.79 Å². The van der Waals surface area contributed by atoms with Gasteiger partial charge in [-0.15, -0.1) is 0 Å². The molecule has 29 heavy (non-hydrogen) atoms. The Labute approximate surface area is 168 Å². The summed E-state index contributed by atoms with van der Waals surface area (Å²) in [4.78, 5) is 50.3. The zero-order chi connectivity index (χ0) is 21.0. The first-order valence-corrected chi connectivity index (χ1v) is 9.52. The molecule has 1 aliphatic rings. The Morgan fingerprint density at radius 1 is 1.03 bits per heavy atom. The van der Waals surface area contributed by atoms with Gasteiger partial charge in [-0.05, 0) is 30.3 Å². The number of carbonyl (C=O) groups is 3. The average molecular weight is 420 g/mol. The molecule has 0 radical (unpaired) electrons. The van der Waals surface area contributed by atoms with E-state index in [1.54, 1.807) is 0 Å². The molecule has 2 heterocycles. The predicted molar refractivity (Wildman–Crippen MR) is 102 cm³/mol. The average Bonchev–Trinajstić information content (AvgIpc) is 3.22. The quantitative estimate of drug-likeness (QED) is 0.582. The standard InChI is InChI=1S/C18H17FN4O5S/c19-13-3-1-12(2-4-13)17(25)20-11-15(24)21-7-9-22(10-8-21)18(26)14-5-6-16(29-14)23(27)28/h1-6H,7-11H2,(H,20,25). The number of nitrogens with one attached hydrogen (secondary N) is 1. The largest absolute Gasteiger partial charge is 0.343 e. The van der Waals surface area contributed by atoms with Crippen molar-refractivity contribution >= 4 is 34.1 Å². The zero-order valence-electron chi connectivity index (χ0n) is 15.2. The highest BCUT2D eigenvalue weighted by atomic mass is 32.1. The third-order valence-electron chi connectivity index (χ3n) is 4.41. The zero-order valence-corrected chi connectivity index (χ0v) is 16.0. The number of nitro groups is 1. The number of hydrogen-bond acceptors (Lipinski definition) is 6. The highest BCUT2D eigenvalue weighted by Gasteiger charge is 2.26. The second-order valence-electron chi connectivity index (χ2n) is 6.26. The van der Waals surface area contributed by atoms with Gasteiger partial charge in [0.15, 0.2) is 0 Å². The number of hydrogen-bond donors (Lipinski definition) is 1.